The van der Waals surface area contributed by atoms with Crippen molar-refractivity contribution in [1.29, 1.82) is 0 Å². The van der Waals surface area contributed by atoms with Gasteiger partial charge < -0.3 is 4.74 Å². The largest absolute Gasteiger partial charge is 0.363 e. The lowest BCUT2D eigenvalue weighted by Gasteiger charge is -2.15. The zero-order valence-electron chi connectivity index (χ0n) is 8.89. The van der Waals surface area contributed by atoms with E-state index in [1.165, 1.54) is 12.8 Å². The fraction of sp³-hybridized carbons (Fsp3) is 1.00. The second-order valence-electron chi connectivity index (χ2n) is 3.68. The number of ether oxygens (including phenoxy) is 1. The molecule has 0 spiro atoms. The first-order chi connectivity index (χ1) is 5.66. The van der Waals surface area contributed by atoms with E-state index in [9.17, 15) is 0 Å². The molecule has 0 heterocycles. The van der Waals surface area contributed by atoms with Crippen LogP contribution < -0.4 is 5.32 Å². The molecule has 74 valence electrons. The average Bonchev–Trinajstić information content (AvgIpc) is 2.01. The number of unbranched alkanes of at least 4 members (excludes halogenated alkanes) is 1. The van der Waals surface area contributed by atoms with Gasteiger partial charge in [-0.1, -0.05) is 27.2 Å². The van der Waals surface area contributed by atoms with E-state index in [2.05, 4.69) is 33.0 Å². The fourth-order valence-electron chi connectivity index (χ4n) is 0.878. The minimum absolute atomic E-state index is 0.207. The summed E-state index contributed by atoms with van der Waals surface area (Å²) in [5.74, 6) is 0.625. The predicted molar refractivity (Wildman–Crippen MR) is 53.2 cm³/mol. The maximum atomic E-state index is 5.54. The monoisotopic (exact) mass is 173 g/mol. The van der Waals surface area contributed by atoms with Gasteiger partial charge in [0.05, 0.1) is 6.61 Å². The van der Waals surface area contributed by atoms with Gasteiger partial charge in [-0.15, -0.1) is 0 Å². The van der Waals surface area contributed by atoms with Crippen LogP contribution in [0.2, 0.25) is 0 Å². The summed E-state index contributed by atoms with van der Waals surface area (Å²) in [6.45, 7) is 10.5. The van der Waals surface area contributed by atoms with Crippen molar-refractivity contribution in [1.82, 2.24) is 5.32 Å². The van der Waals surface area contributed by atoms with Crippen LogP contribution in [0.1, 0.15) is 40.5 Å². The van der Waals surface area contributed by atoms with Gasteiger partial charge in [0.15, 0.2) is 0 Å². The van der Waals surface area contributed by atoms with Gasteiger partial charge in [-0.3, -0.25) is 5.32 Å². The number of rotatable bonds is 7. The van der Waals surface area contributed by atoms with E-state index < -0.39 is 0 Å². The molecule has 1 N–H and O–H groups in total. The number of hydrogen-bond donors (Lipinski definition) is 1. The highest BCUT2D eigenvalue weighted by atomic mass is 16.5. The minimum atomic E-state index is 0.207. The molecule has 0 aromatic rings. The Kier molecular flexibility index (Phi) is 7.51. The Hall–Kier alpha value is -0.0800. The topological polar surface area (TPSA) is 21.3 Å². The molecule has 0 aliphatic carbocycles. The summed E-state index contributed by atoms with van der Waals surface area (Å²) in [5.41, 5.74) is 0. The molecule has 0 bridgehead atoms. The quantitative estimate of drug-likeness (QED) is 0.471. The Balaban J connectivity index is 3.15. The van der Waals surface area contributed by atoms with Crippen molar-refractivity contribution in [2.45, 2.75) is 46.8 Å². The summed E-state index contributed by atoms with van der Waals surface area (Å²) in [5, 5.41) is 3.32. The predicted octanol–water partition coefficient (Wildman–Crippen LogP) is 2.39. The molecule has 0 saturated carbocycles. The Bertz CT molecular complexity index is 93.8. The molecule has 0 rings (SSSR count). The Morgan fingerprint density at radius 1 is 1.25 bits per heavy atom. The van der Waals surface area contributed by atoms with Gasteiger partial charge in [-0.25, -0.2) is 0 Å². The van der Waals surface area contributed by atoms with Crippen LogP contribution >= 0.6 is 0 Å². The third-order valence-electron chi connectivity index (χ3n) is 1.64. The molecule has 12 heavy (non-hydrogen) atoms. The highest BCUT2D eigenvalue weighted by molar-refractivity contribution is 4.49. The van der Waals surface area contributed by atoms with Gasteiger partial charge in [-0.2, -0.15) is 0 Å². The highest BCUT2D eigenvalue weighted by Gasteiger charge is 2.00. The second-order valence-corrected chi connectivity index (χ2v) is 3.68. The lowest BCUT2D eigenvalue weighted by Crippen LogP contribution is -2.30. The van der Waals surface area contributed by atoms with E-state index >= 15 is 0 Å². The third kappa shape index (κ3) is 8.02. The van der Waals surface area contributed by atoms with Crippen LogP contribution in [0.3, 0.4) is 0 Å². The van der Waals surface area contributed by atoms with Crippen molar-refractivity contribution in [3.8, 4) is 0 Å². The van der Waals surface area contributed by atoms with E-state index in [0.717, 1.165) is 13.2 Å². The molecule has 0 saturated heterocycles. The first-order valence-electron chi connectivity index (χ1n) is 5.01. The van der Waals surface area contributed by atoms with Gasteiger partial charge in [0.2, 0.25) is 0 Å². The normalized spacial score (nSPS) is 13.8. The molecule has 0 radical (unpaired) electrons. The van der Waals surface area contributed by atoms with Crippen LogP contribution in [0.15, 0.2) is 0 Å². The lowest BCUT2D eigenvalue weighted by molar-refractivity contribution is 0.0265. The van der Waals surface area contributed by atoms with Crippen molar-refractivity contribution in [3.63, 3.8) is 0 Å². The third-order valence-corrected chi connectivity index (χ3v) is 1.64. The maximum Gasteiger partial charge on any atom is 0.105 e. The summed E-state index contributed by atoms with van der Waals surface area (Å²) in [6.07, 6.45) is 2.68. The maximum absolute atomic E-state index is 5.54. The molecular formula is C10H23NO. The summed E-state index contributed by atoms with van der Waals surface area (Å²) < 4.78 is 5.54. The molecule has 1 atom stereocenters. The summed E-state index contributed by atoms with van der Waals surface area (Å²) in [4.78, 5) is 0. The first kappa shape index (κ1) is 11.9. The lowest BCUT2D eigenvalue weighted by atomic mass is 10.2. The molecular weight excluding hydrogens is 150 g/mol. The second kappa shape index (κ2) is 7.56. The van der Waals surface area contributed by atoms with Crippen LogP contribution in [-0.4, -0.2) is 19.4 Å². The molecule has 0 aromatic carbocycles. The molecule has 0 aliphatic heterocycles. The van der Waals surface area contributed by atoms with Crippen LogP contribution in [-0.2, 0) is 4.74 Å². The van der Waals surface area contributed by atoms with Crippen LogP contribution in [0, 0.1) is 5.92 Å². The molecule has 0 aliphatic rings. The van der Waals surface area contributed by atoms with E-state index in [-0.39, 0.29) is 6.23 Å². The van der Waals surface area contributed by atoms with Crippen molar-refractivity contribution in [3.05, 3.63) is 0 Å². The summed E-state index contributed by atoms with van der Waals surface area (Å²) in [7, 11) is 0. The smallest absolute Gasteiger partial charge is 0.105 e. The van der Waals surface area contributed by atoms with Crippen molar-refractivity contribution >= 4 is 0 Å². The van der Waals surface area contributed by atoms with E-state index in [1.54, 1.807) is 0 Å². The zero-order chi connectivity index (χ0) is 9.40. The summed E-state index contributed by atoms with van der Waals surface area (Å²) >= 11 is 0. The van der Waals surface area contributed by atoms with Gasteiger partial charge in [0, 0.05) is 0 Å². The van der Waals surface area contributed by atoms with Gasteiger partial charge in [0.1, 0.15) is 6.23 Å². The van der Waals surface area contributed by atoms with Gasteiger partial charge >= 0.3 is 0 Å². The molecule has 0 aromatic heterocycles. The zero-order valence-corrected chi connectivity index (χ0v) is 8.89. The Morgan fingerprint density at radius 3 is 2.42 bits per heavy atom. The van der Waals surface area contributed by atoms with Crippen LogP contribution in [0.5, 0.6) is 0 Å². The van der Waals surface area contributed by atoms with Crippen LogP contribution in [0.25, 0.3) is 0 Å². The highest BCUT2D eigenvalue weighted by Crippen LogP contribution is 1.95. The van der Waals surface area contributed by atoms with Gasteiger partial charge in [0.25, 0.3) is 0 Å². The Labute approximate surface area is 76.7 Å². The van der Waals surface area contributed by atoms with Crippen molar-refractivity contribution in [2.24, 2.45) is 5.92 Å². The summed E-state index contributed by atoms with van der Waals surface area (Å²) in [6, 6.07) is 0. The first-order valence-corrected chi connectivity index (χ1v) is 5.01. The van der Waals surface area contributed by atoms with Crippen molar-refractivity contribution < 1.29 is 4.74 Å². The van der Waals surface area contributed by atoms with Crippen LogP contribution in [0.4, 0.5) is 0 Å². The fourth-order valence-corrected chi connectivity index (χ4v) is 0.878. The van der Waals surface area contributed by atoms with E-state index in [0.29, 0.717) is 5.92 Å². The molecule has 0 amide bonds. The molecule has 1 unspecified atom stereocenters. The van der Waals surface area contributed by atoms with E-state index in [1.807, 2.05) is 0 Å². The SMILES string of the molecule is CCCCNC(C)OCC(C)C. The average molecular weight is 173 g/mol. The number of nitrogens with one attached hydrogen (secondary N) is 1. The minimum Gasteiger partial charge on any atom is -0.363 e. The number of hydrogen-bond acceptors (Lipinski definition) is 2. The standard InChI is InChI=1S/C10H23NO/c1-5-6-7-11-10(4)12-8-9(2)3/h9-11H,5-8H2,1-4H3. The molecule has 0 fully saturated rings. The molecule has 2 heteroatoms. The van der Waals surface area contributed by atoms with E-state index in [4.69, 9.17) is 4.74 Å². The molecule has 2 nitrogen and oxygen atoms in total. The Morgan fingerprint density at radius 2 is 1.92 bits per heavy atom. The van der Waals surface area contributed by atoms with Crippen molar-refractivity contribution in [2.75, 3.05) is 13.2 Å². The van der Waals surface area contributed by atoms with Gasteiger partial charge in [-0.05, 0) is 25.8 Å².